The van der Waals surface area contributed by atoms with Crippen LogP contribution in [0.3, 0.4) is 0 Å². The average Bonchev–Trinajstić information content (AvgIpc) is 3.55. The van der Waals surface area contributed by atoms with Gasteiger partial charge < -0.3 is 13.9 Å². The number of rotatable bonds is 7. The maximum atomic E-state index is 13.7. The Balaban J connectivity index is 1.63. The summed E-state index contributed by atoms with van der Waals surface area (Å²) in [7, 11) is 2.73. The molecule has 0 spiro atoms. The Hall–Kier alpha value is -4.77. The molecule has 4 aromatic rings. The van der Waals surface area contributed by atoms with Crippen LogP contribution in [-0.2, 0) is 9.53 Å². The van der Waals surface area contributed by atoms with Gasteiger partial charge in [-0.3, -0.25) is 19.5 Å². The van der Waals surface area contributed by atoms with Gasteiger partial charge >= 0.3 is 5.97 Å². The van der Waals surface area contributed by atoms with E-state index in [0.717, 1.165) is 5.56 Å². The molecule has 5 rings (SSSR count). The minimum Gasteiger partial charge on any atom is -0.496 e. The summed E-state index contributed by atoms with van der Waals surface area (Å²) in [5.74, 6) is 0.570. The van der Waals surface area contributed by atoms with Gasteiger partial charge in [-0.2, -0.15) is 0 Å². The highest BCUT2D eigenvalue weighted by Gasteiger charge is 2.33. The Morgan fingerprint density at radius 2 is 1.95 bits per heavy atom. The van der Waals surface area contributed by atoms with E-state index in [-0.39, 0.29) is 17.0 Å². The molecule has 0 aliphatic carbocycles. The molecule has 0 fully saturated rings. The zero-order valence-electron chi connectivity index (χ0n) is 21.2. The van der Waals surface area contributed by atoms with Crippen molar-refractivity contribution in [2.75, 3.05) is 14.2 Å². The third-order valence-corrected chi connectivity index (χ3v) is 7.31. The van der Waals surface area contributed by atoms with Crippen LogP contribution in [0.2, 0.25) is 0 Å². The van der Waals surface area contributed by atoms with E-state index in [1.165, 1.54) is 42.3 Å². The highest BCUT2D eigenvalue weighted by molar-refractivity contribution is 7.07. The number of carbonyl (C=O) groups excluding carboxylic acids is 1. The number of ether oxygens (including phenoxy) is 2. The van der Waals surface area contributed by atoms with Crippen LogP contribution in [0.4, 0.5) is 5.69 Å². The van der Waals surface area contributed by atoms with Crippen molar-refractivity contribution in [2.45, 2.75) is 19.4 Å². The van der Waals surface area contributed by atoms with Gasteiger partial charge in [0.15, 0.2) is 4.80 Å². The number of nitrogens with zero attached hydrogens (tertiary/aromatic N) is 3. The molecule has 0 bridgehead atoms. The van der Waals surface area contributed by atoms with Crippen LogP contribution in [0.5, 0.6) is 5.75 Å². The van der Waals surface area contributed by atoms with Gasteiger partial charge in [-0.15, -0.1) is 0 Å². The fourth-order valence-electron chi connectivity index (χ4n) is 4.52. The number of hydrogen-bond donors (Lipinski definition) is 0. The van der Waals surface area contributed by atoms with Crippen molar-refractivity contribution in [2.24, 2.45) is 4.99 Å². The van der Waals surface area contributed by atoms with Crippen LogP contribution in [0.25, 0.3) is 17.4 Å². The lowest BCUT2D eigenvalue weighted by Crippen LogP contribution is -2.40. The Bertz CT molecular complexity index is 1800. The summed E-state index contributed by atoms with van der Waals surface area (Å²) in [5.41, 5.74) is 1.76. The molecule has 3 heterocycles. The second kappa shape index (κ2) is 10.5. The summed E-state index contributed by atoms with van der Waals surface area (Å²) in [6.45, 7) is 1.90. The van der Waals surface area contributed by atoms with Gasteiger partial charge in [0.1, 0.15) is 17.3 Å². The molecule has 0 N–H and O–H groups in total. The molecule has 198 valence electrons. The minimum absolute atomic E-state index is 0.103. The van der Waals surface area contributed by atoms with Crippen molar-refractivity contribution in [3.8, 4) is 17.1 Å². The Labute approximate surface area is 225 Å². The molecular weight excluding hydrogens is 522 g/mol. The predicted octanol–water partition coefficient (Wildman–Crippen LogP) is 3.98. The van der Waals surface area contributed by atoms with E-state index in [1.54, 1.807) is 24.3 Å². The van der Waals surface area contributed by atoms with Gasteiger partial charge in [0.2, 0.25) is 0 Å². The molecule has 0 unspecified atom stereocenters. The zero-order chi connectivity index (χ0) is 27.7. The molecule has 2 aromatic carbocycles. The summed E-state index contributed by atoms with van der Waals surface area (Å²) in [4.78, 5) is 42.3. The first-order valence-electron chi connectivity index (χ1n) is 12.0. The van der Waals surface area contributed by atoms with Gasteiger partial charge in [0.05, 0.1) is 52.6 Å². The number of furan rings is 1. The molecule has 0 saturated carbocycles. The molecule has 10 nitrogen and oxygen atoms in total. The second-order valence-electron chi connectivity index (χ2n) is 8.54. The van der Waals surface area contributed by atoms with Gasteiger partial charge in [-0.25, -0.2) is 9.79 Å². The number of fused-ring (bicyclic) bond motifs is 1. The summed E-state index contributed by atoms with van der Waals surface area (Å²) in [6, 6.07) is 16.2. The largest absolute Gasteiger partial charge is 0.496 e. The van der Waals surface area contributed by atoms with E-state index in [4.69, 9.17) is 13.9 Å². The summed E-state index contributed by atoms with van der Waals surface area (Å²) in [5, 5.41) is 11.1. The number of aromatic nitrogens is 1. The van der Waals surface area contributed by atoms with Gasteiger partial charge in [0, 0.05) is 12.1 Å². The quantitative estimate of drug-likeness (QED) is 0.195. The monoisotopic (exact) mass is 545 g/mol. The number of methoxy groups -OCH3 is 2. The topological polar surface area (TPSA) is 126 Å². The maximum absolute atomic E-state index is 13.7. The van der Waals surface area contributed by atoms with Crippen molar-refractivity contribution in [3.05, 3.63) is 113 Å². The third-order valence-electron chi connectivity index (χ3n) is 6.33. The lowest BCUT2D eigenvalue weighted by atomic mass is 9.95. The van der Waals surface area contributed by atoms with E-state index in [1.807, 2.05) is 37.3 Å². The van der Waals surface area contributed by atoms with Gasteiger partial charge in [0.25, 0.3) is 11.2 Å². The molecule has 11 heteroatoms. The Morgan fingerprint density at radius 1 is 1.18 bits per heavy atom. The molecule has 0 amide bonds. The molecule has 0 saturated heterocycles. The van der Waals surface area contributed by atoms with Crippen molar-refractivity contribution >= 4 is 29.1 Å². The van der Waals surface area contributed by atoms with Crippen LogP contribution in [0, 0.1) is 10.1 Å². The smallest absolute Gasteiger partial charge is 0.338 e. The van der Waals surface area contributed by atoms with E-state index >= 15 is 0 Å². The Kier molecular flexibility index (Phi) is 6.99. The number of hydrogen-bond acceptors (Lipinski definition) is 9. The fourth-order valence-corrected chi connectivity index (χ4v) is 5.52. The second-order valence-corrected chi connectivity index (χ2v) is 9.55. The number of non-ortho nitro benzene ring substituents is 1. The van der Waals surface area contributed by atoms with Crippen molar-refractivity contribution in [1.82, 2.24) is 4.57 Å². The van der Waals surface area contributed by atoms with Crippen LogP contribution >= 0.6 is 11.3 Å². The van der Waals surface area contributed by atoms with E-state index in [2.05, 4.69) is 4.99 Å². The van der Waals surface area contributed by atoms with Crippen molar-refractivity contribution in [3.63, 3.8) is 0 Å². The van der Waals surface area contributed by atoms with E-state index in [9.17, 15) is 19.7 Å². The minimum atomic E-state index is -0.691. The lowest BCUT2D eigenvalue weighted by molar-refractivity contribution is -0.384. The summed E-state index contributed by atoms with van der Waals surface area (Å²) < 4.78 is 18.3. The summed E-state index contributed by atoms with van der Waals surface area (Å²) >= 11 is 1.20. The van der Waals surface area contributed by atoms with Crippen LogP contribution in [-0.4, -0.2) is 29.7 Å². The van der Waals surface area contributed by atoms with Gasteiger partial charge in [-0.1, -0.05) is 48.6 Å². The fraction of sp³-hybridized carbons (Fsp3) is 0.179. The standard InChI is InChI=1S/C28H23N3O7S/c1-4-20-24(27(33)37-3)25(16-8-6-5-7-9-16)30-26(32)23(39-28(30)29-20)15-18-11-13-21(38-18)19-12-10-17(31(34)35)14-22(19)36-2/h5-15,25H,4H2,1-3H3/b23-15-/t25-/m1/s1. The first kappa shape index (κ1) is 25.9. The third kappa shape index (κ3) is 4.68. The molecule has 1 atom stereocenters. The highest BCUT2D eigenvalue weighted by Crippen LogP contribution is 2.35. The molecule has 1 aliphatic rings. The first-order valence-corrected chi connectivity index (χ1v) is 12.8. The number of thiazole rings is 1. The predicted molar refractivity (Wildman–Crippen MR) is 144 cm³/mol. The lowest BCUT2D eigenvalue weighted by Gasteiger charge is -2.25. The maximum Gasteiger partial charge on any atom is 0.338 e. The summed E-state index contributed by atoms with van der Waals surface area (Å²) in [6.07, 6.45) is 2.10. The molecule has 0 radical (unpaired) electrons. The van der Waals surface area contributed by atoms with Crippen LogP contribution in [0.15, 0.2) is 86.1 Å². The zero-order valence-corrected chi connectivity index (χ0v) is 22.1. The molecule has 2 aromatic heterocycles. The average molecular weight is 546 g/mol. The molecular formula is C28H23N3O7S. The van der Waals surface area contributed by atoms with Crippen molar-refractivity contribution in [1.29, 1.82) is 0 Å². The van der Waals surface area contributed by atoms with Crippen LogP contribution < -0.4 is 19.6 Å². The Morgan fingerprint density at radius 3 is 2.62 bits per heavy atom. The van der Waals surface area contributed by atoms with E-state index < -0.39 is 16.9 Å². The number of esters is 1. The number of nitro benzene ring substituents is 1. The van der Waals surface area contributed by atoms with Crippen molar-refractivity contribution < 1.29 is 23.6 Å². The van der Waals surface area contributed by atoms with E-state index in [0.29, 0.717) is 44.1 Å². The SMILES string of the molecule is CCC1=C(C(=O)OC)[C@@H](c2ccccc2)n2c(s/c(=C\c3ccc(-c4ccc([N+](=O)[O-])cc4OC)o3)c2=O)=N1. The number of nitro groups is 1. The first-order chi connectivity index (χ1) is 18.9. The molecule has 39 heavy (non-hydrogen) atoms. The number of carbonyl (C=O) groups is 1. The van der Waals surface area contributed by atoms with Gasteiger partial charge in [-0.05, 0) is 30.2 Å². The number of benzene rings is 2. The molecule has 1 aliphatic heterocycles. The highest BCUT2D eigenvalue weighted by atomic mass is 32.1. The number of allylic oxidation sites excluding steroid dienone is 1. The normalized spacial score (nSPS) is 15.1. The van der Waals surface area contributed by atoms with Crippen LogP contribution in [0.1, 0.15) is 30.7 Å².